The van der Waals surface area contributed by atoms with Crippen LogP contribution in [0.2, 0.25) is 0 Å². The van der Waals surface area contributed by atoms with Crippen LogP contribution in [-0.4, -0.2) is 38.4 Å². The minimum absolute atomic E-state index is 0. The summed E-state index contributed by atoms with van der Waals surface area (Å²) in [6.45, 7) is 0. The molecule has 1 radical (unpaired) electrons. The first-order valence-electron chi connectivity index (χ1n) is 18.2. The summed E-state index contributed by atoms with van der Waals surface area (Å²) in [6, 6.07) is 40.3. The van der Waals surface area contributed by atoms with E-state index in [1.165, 1.54) is 0 Å². The summed E-state index contributed by atoms with van der Waals surface area (Å²) in [5.74, 6) is 3.06. The Labute approximate surface area is 341 Å². The van der Waals surface area contributed by atoms with Gasteiger partial charge in [-0.2, -0.15) is 0 Å². The summed E-state index contributed by atoms with van der Waals surface area (Å²) in [6.07, 6.45) is 8.23. The number of nitrogens with zero attached hydrogens (tertiary/aromatic N) is 4. The summed E-state index contributed by atoms with van der Waals surface area (Å²) in [5, 5.41) is 0. The summed E-state index contributed by atoms with van der Waals surface area (Å²) >= 11 is 0. The van der Waals surface area contributed by atoms with Crippen LogP contribution < -0.4 is 28.9 Å². The van der Waals surface area contributed by atoms with Crippen LogP contribution in [0.1, 0.15) is 22.8 Å². The predicted molar refractivity (Wildman–Crippen MR) is 225 cm³/mol. The fraction of sp³-hybridized carbons (Fsp3) is 0.0833. The van der Waals surface area contributed by atoms with E-state index in [1.54, 1.807) is 28.4 Å². The first-order valence-corrected chi connectivity index (χ1v) is 18.2. The summed E-state index contributed by atoms with van der Waals surface area (Å²) in [7, 11) is 6.67. The SMILES string of the molecule is COc1ccc(-c2c3nc(c(-c4ccc(OC)cc4)c4ccc([n-]4)c(-c4ccc(OC)cc4)c4nc(c(-c5ccc(OC)cc5)c5ccc2[n-]5)C=C4)C=C3)cc1.[Cu]. The van der Waals surface area contributed by atoms with Gasteiger partial charge in [-0.1, -0.05) is 72.8 Å². The molecule has 0 atom stereocenters. The Morgan fingerprint density at radius 1 is 0.316 bits per heavy atom. The summed E-state index contributed by atoms with van der Waals surface area (Å²) in [5.41, 5.74) is 13.7. The van der Waals surface area contributed by atoms with Crippen LogP contribution in [0.4, 0.5) is 0 Å². The van der Waals surface area contributed by atoms with Crippen molar-refractivity contribution in [1.29, 1.82) is 0 Å². The molecule has 8 bridgehead atoms. The van der Waals surface area contributed by atoms with Crippen molar-refractivity contribution in [1.82, 2.24) is 19.9 Å². The molecule has 0 saturated heterocycles. The summed E-state index contributed by atoms with van der Waals surface area (Å²) in [4.78, 5) is 21.4. The molecule has 0 fully saturated rings. The number of methoxy groups -OCH3 is 4. The Morgan fingerprint density at radius 3 is 0.719 bits per heavy atom. The van der Waals surface area contributed by atoms with Gasteiger partial charge in [-0.25, -0.2) is 9.97 Å². The average Bonchev–Trinajstić information content (AvgIpc) is 4.10. The van der Waals surface area contributed by atoms with E-state index in [9.17, 15) is 0 Å². The molecule has 9 heteroatoms. The van der Waals surface area contributed by atoms with Crippen LogP contribution in [0.3, 0.4) is 0 Å². The van der Waals surface area contributed by atoms with Crippen molar-refractivity contribution in [2.75, 3.05) is 28.4 Å². The van der Waals surface area contributed by atoms with E-state index >= 15 is 0 Å². The molecule has 0 spiro atoms. The number of aromatic nitrogens is 4. The Kier molecular flexibility index (Phi) is 10.3. The van der Waals surface area contributed by atoms with E-state index in [4.69, 9.17) is 38.9 Å². The molecule has 3 aromatic heterocycles. The van der Waals surface area contributed by atoms with Gasteiger partial charge < -0.3 is 28.9 Å². The minimum atomic E-state index is 0. The average molecular weight is 796 g/mol. The molecular formula is C48H36CuN4O4-2. The van der Waals surface area contributed by atoms with E-state index in [0.717, 1.165) is 112 Å². The molecule has 0 saturated carbocycles. The van der Waals surface area contributed by atoms with Gasteiger partial charge in [0, 0.05) is 17.1 Å². The van der Waals surface area contributed by atoms with Gasteiger partial charge in [0.1, 0.15) is 23.0 Å². The van der Waals surface area contributed by atoms with Crippen molar-refractivity contribution in [2.24, 2.45) is 0 Å². The van der Waals surface area contributed by atoms with Gasteiger partial charge in [0.25, 0.3) is 0 Å². The maximum Gasteiger partial charge on any atom is 0.118 e. The quantitative estimate of drug-likeness (QED) is 0.140. The Hall–Kier alpha value is -6.80. The molecule has 4 aromatic carbocycles. The molecule has 2 aliphatic heterocycles. The van der Waals surface area contributed by atoms with E-state index in [2.05, 4.69) is 48.6 Å². The zero-order valence-corrected chi connectivity index (χ0v) is 32.5. The van der Waals surface area contributed by atoms with Crippen molar-refractivity contribution in [3.8, 4) is 67.5 Å². The first-order chi connectivity index (χ1) is 27.5. The second kappa shape index (κ2) is 15.7. The smallest absolute Gasteiger partial charge is 0.118 e. The molecule has 285 valence electrons. The maximum absolute atomic E-state index is 5.52. The van der Waals surface area contributed by atoms with E-state index < -0.39 is 0 Å². The molecule has 0 aliphatic carbocycles. The molecule has 9 rings (SSSR count). The number of benzene rings is 4. The molecule has 57 heavy (non-hydrogen) atoms. The normalized spacial score (nSPS) is 11.6. The second-order valence-electron chi connectivity index (χ2n) is 13.3. The van der Waals surface area contributed by atoms with E-state index in [-0.39, 0.29) is 17.1 Å². The number of hydrogen-bond donors (Lipinski definition) is 0. The predicted octanol–water partition coefficient (Wildman–Crippen LogP) is 10.6. The standard InChI is InChI=1S/C48H36N4O4.Cu/c1-53-33-13-5-29(6-14-33)45-37-21-23-39(49-37)46(30-7-15-34(54-2)16-8-30)41-25-27-43(51-41)48(32-11-19-36(56-4)20-12-32)44-28-26-42(52-44)47(40-24-22-38(45)50-40)31-9-17-35(55-3)18-10-31;/h5-28H,1-4H3;/q-2;. The van der Waals surface area contributed by atoms with Crippen LogP contribution in [-0.2, 0) is 17.1 Å². The van der Waals surface area contributed by atoms with Crippen molar-refractivity contribution in [3.05, 3.63) is 144 Å². The van der Waals surface area contributed by atoms with Gasteiger partial charge >= 0.3 is 0 Å². The minimum Gasteiger partial charge on any atom is -0.657 e. The van der Waals surface area contributed by atoms with Crippen molar-refractivity contribution < 1.29 is 36.0 Å². The van der Waals surface area contributed by atoms with Crippen molar-refractivity contribution >= 4 is 46.4 Å². The van der Waals surface area contributed by atoms with Crippen LogP contribution in [0, 0.1) is 0 Å². The third-order valence-corrected chi connectivity index (χ3v) is 10.1. The zero-order valence-electron chi connectivity index (χ0n) is 31.6. The molecular weight excluding hydrogens is 760 g/mol. The Morgan fingerprint density at radius 2 is 0.526 bits per heavy atom. The Balaban J connectivity index is 0.00000455. The monoisotopic (exact) mass is 795 g/mol. The fourth-order valence-corrected chi connectivity index (χ4v) is 7.30. The molecule has 0 unspecified atom stereocenters. The van der Waals surface area contributed by atoms with Gasteiger partial charge in [0.15, 0.2) is 0 Å². The van der Waals surface area contributed by atoms with Crippen LogP contribution in [0.25, 0.3) is 90.9 Å². The van der Waals surface area contributed by atoms with Crippen LogP contribution in [0.5, 0.6) is 23.0 Å². The third kappa shape index (κ3) is 6.99. The summed E-state index contributed by atoms with van der Waals surface area (Å²) < 4.78 is 22.1. The fourth-order valence-electron chi connectivity index (χ4n) is 7.30. The number of fused-ring (bicyclic) bond motifs is 8. The van der Waals surface area contributed by atoms with Gasteiger partial charge in [-0.05, 0) is 117 Å². The maximum atomic E-state index is 5.52. The molecule has 2 aliphatic rings. The topological polar surface area (TPSA) is 90.9 Å². The first kappa shape index (κ1) is 37.1. The number of hydrogen-bond acceptors (Lipinski definition) is 6. The number of ether oxygens (including phenoxy) is 4. The Bertz CT molecular complexity index is 2440. The van der Waals surface area contributed by atoms with Gasteiger partial charge in [-0.3, -0.25) is 0 Å². The molecule has 7 aromatic rings. The largest absolute Gasteiger partial charge is 0.657 e. The number of rotatable bonds is 8. The van der Waals surface area contributed by atoms with Crippen LogP contribution in [0.15, 0.2) is 121 Å². The van der Waals surface area contributed by atoms with Crippen LogP contribution >= 0.6 is 0 Å². The molecule has 0 N–H and O–H groups in total. The van der Waals surface area contributed by atoms with Crippen molar-refractivity contribution in [3.63, 3.8) is 0 Å². The van der Waals surface area contributed by atoms with Gasteiger partial charge in [0.2, 0.25) is 0 Å². The van der Waals surface area contributed by atoms with E-state index in [1.807, 2.05) is 97.1 Å². The zero-order chi connectivity index (χ0) is 38.2. The third-order valence-electron chi connectivity index (χ3n) is 10.1. The van der Waals surface area contributed by atoms with Gasteiger partial charge in [-0.15, -0.1) is 22.1 Å². The van der Waals surface area contributed by atoms with E-state index in [0.29, 0.717) is 0 Å². The molecule has 8 nitrogen and oxygen atoms in total. The molecule has 0 amide bonds. The molecule has 5 heterocycles. The van der Waals surface area contributed by atoms with Crippen molar-refractivity contribution in [2.45, 2.75) is 0 Å². The van der Waals surface area contributed by atoms with Gasteiger partial charge in [0.05, 0.1) is 51.2 Å². The second-order valence-corrected chi connectivity index (χ2v) is 13.3.